The number of halogens is 1. The van der Waals surface area contributed by atoms with Gasteiger partial charge in [0, 0.05) is 12.6 Å². The number of aliphatic carboxylic acids is 1. The van der Waals surface area contributed by atoms with Gasteiger partial charge in [-0.05, 0) is 17.5 Å². The SMILES string of the molecule is CC(C)C(NCc1ccc(Cl)c([N+](=O)[O-])c1)C(=O)O. The highest BCUT2D eigenvalue weighted by molar-refractivity contribution is 6.32. The van der Waals surface area contributed by atoms with Crippen LogP contribution in [0, 0.1) is 16.0 Å². The molecule has 104 valence electrons. The summed E-state index contributed by atoms with van der Waals surface area (Å²) >= 11 is 5.70. The summed E-state index contributed by atoms with van der Waals surface area (Å²) in [5.74, 6) is -1.03. The van der Waals surface area contributed by atoms with E-state index < -0.39 is 16.9 Å². The number of carboxylic acid groups (broad SMARTS) is 1. The lowest BCUT2D eigenvalue weighted by Crippen LogP contribution is -2.40. The van der Waals surface area contributed by atoms with Crippen LogP contribution in [0.4, 0.5) is 5.69 Å². The van der Waals surface area contributed by atoms with E-state index in [4.69, 9.17) is 16.7 Å². The molecular formula is C12H15ClN2O4. The fourth-order valence-corrected chi connectivity index (χ4v) is 1.83. The summed E-state index contributed by atoms with van der Waals surface area (Å²) in [6.07, 6.45) is 0. The molecule has 0 amide bonds. The van der Waals surface area contributed by atoms with Crippen LogP contribution in [0.5, 0.6) is 0 Å². The van der Waals surface area contributed by atoms with Crippen molar-refractivity contribution in [3.8, 4) is 0 Å². The van der Waals surface area contributed by atoms with Crippen molar-refractivity contribution in [3.05, 3.63) is 38.9 Å². The smallest absolute Gasteiger partial charge is 0.320 e. The Morgan fingerprint density at radius 1 is 1.53 bits per heavy atom. The van der Waals surface area contributed by atoms with Gasteiger partial charge in [-0.15, -0.1) is 0 Å². The zero-order chi connectivity index (χ0) is 14.6. The molecule has 1 unspecified atom stereocenters. The lowest BCUT2D eigenvalue weighted by Gasteiger charge is -2.17. The van der Waals surface area contributed by atoms with Crippen molar-refractivity contribution in [2.24, 2.45) is 5.92 Å². The van der Waals surface area contributed by atoms with Gasteiger partial charge in [-0.3, -0.25) is 14.9 Å². The molecule has 1 aromatic carbocycles. The van der Waals surface area contributed by atoms with E-state index in [1.165, 1.54) is 12.1 Å². The van der Waals surface area contributed by atoms with Crippen LogP contribution in [-0.2, 0) is 11.3 Å². The number of nitrogens with one attached hydrogen (secondary N) is 1. The van der Waals surface area contributed by atoms with E-state index in [0.717, 1.165) is 0 Å². The van der Waals surface area contributed by atoms with Gasteiger partial charge in [0.1, 0.15) is 11.1 Å². The molecule has 0 spiro atoms. The number of carbonyl (C=O) groups is 1. The Bertz CT molecular complexity index is 491. The lowest BCUT2D eigenvalue weighted by molar-refractivity contribution is -0.384. The first kappa shape index (κ1) is 15.4. The maximum atomic E-state index is 11.0. The zero-order valence-corrected chi connectivity index (χ0v) is 11.3. The number of hydrogen-bond acceptors (Lipinski definition) is 4. The van der Waals surface area contributed by atoms with E-state index in [0.29, 0.717) is 5.56 Å². The van der Waals surface area contributed by atoms with Crippen LogP contribution < -0.4 is 5.32 Å². The molecule has 0 saturated heterocycles. The molecule has 0 aliphatic rings. The molecule has 6 nitrogen and oxygen atoms in total. The second kappa shape index (κ2) is 6.49. The highest BCUT2D eigenvalue weighted by Crippen LogP contribution is 2.25. The molecule has 0 radical (unpaired) electrons. The summed E-state index contributed by atoms with van der Waals surface area (Å²) in [5, 5.41) is 22.7. The maximum Gasteiger partial charge on any atom is 0.320 e. The Morgan fingerprint density at radius 3 is 2.63 bits per heavy atom. The average Bonchev–Trinajstić information content (AvgIpc) is 2.30. The minimum absolute atomic E-state index is 0.0624. The first-order valence-corrected chi connectivity index (χ1v) is 6.09. The number of rotatable bonds is 6. The van der Waals surface area contributed by atoms with Crippen molar-refractivity contribution in [2.75, 3.05) is 0 Å². The second-order valence-corrected chi connectivity index (χ2v) is 4.89. The van der Waals surface area contributed by atoms with Crippen LogP contribution in [0.1, 0.15) is 19.4 Å². The molecular weight excluding hydrogens is 272 g/mol. The Hall–Kier alpha value is -1.66. The summed E-state index contributed by atoms with van der Waals surface area (Å²) < 4.78 is 0. The Labute approximate surface area is 115 Å². The molecule has 0 fully saturated rings. The van der Waals surface area contributed by atoms with Gasteiger partial charge < -0.3 is 10.4 Å². The molecule has 1 rings (SSSR count). The lowest BCUT2D eigenvalue weighted by atomic mass is 10.0. The first-order chi connectivity index (χ1) is 8.82. The van der Waals surface area contributed by atoms with Gasteiger partial charge in [-0.2, -0.15) is 0 Å². The van der Waals surface area contributed by atoms with Crippen LogP contribution in [0.3, 0.4) is 0 Å². The van der Waals surface area contributed by atoms with Gasteiger partial charge in [0.05, 0.1) is 4.92 Å². The van der Waals surface area contributed by atoms with Gasteiger partial charge >= 0.3 is 5.97 Å². The van der Waals surface area contributed by atoms with Gasteiger partial charge in [-0.25, -0.2) is 0 Å². The third kappa shape index (κ3) is 4.18. The number of benzene rings is 1. The Morgan fingerprint density at radius 2 is 2.16 bits per heavy atom. The zero-order valence-electron chi connectivity index (χ0n) is 10.6. The molecule has 19 heavy (non-hydrogen) atoms. The number of hydrogen-bond donors (Lipinski definition) is 2. The van der Waals surface area contributed by atoms with Crippen molar-refractivity contribution in [1.82, 2.24) is 5.32 Å². The number of carboxylic acids is 1. The van der Waals surface area contributed by atoms with Crippen LogP contribution in [-0.4, -0.2) is 22.0 Å². The third-order valence-corrected chi connectivity index (χ3v) is 2.99. The number of nitro benzene ring substituents is 1. The molecule has 1 atom stereocenters. The number of nitro groups is 1. The monoisotopic (exact) mass is 286 g/mol. The molecule has 2 N–H and O–H groups in total. The van der Waals surface area contributed by atoms with Crippen molar-refractivity contribution in [2.45, 2.75) is 26.4 Å². The second-order valence-electron chi connectivity index (χ2n) is 4.48. The highest BCUT2D eigenvalue weighted by Gasteiger charge is 2.21. The van der Waals surface area contributed by atoms with Crippen LogP contribution in [0.25, 0.3) is 0 Å². The quantitative estimate of drug-likeness (QED) is 0.619. The molecule has 0 aromatic heterocycles. The predicted octanol–water partition coefficient (Wildman–Crippen LogP) is 2.45. The standard InChI is InChI=1S/C12H15ClN2O4/c1-7(2)11(12(16)17)14-6-8-3-4-9(13)10(5-8)15(18)19/h3-5,7,11,14H,6H2,1-2H3,(H,16,17). The summed E-state index contributed by atoms with van der Waals surface area (Å²) in [5.41, 5.74) is 0.431. The fraction of sp³-hybridized carbons (Fsp3) is 0.417. The summed E-state index contributed by atoms with van der Waals surface area (Å²) in [4.78, 5) is 21.2. The third-order valence-electron chi connectivity index (χ3n) is 2.67. The van der Waals surface area contributed by atoms with Gasteiger partial charge in [0.2, 0.25) is 0 Å². The molecule has 0 aliphatic heterocycles. The Kier molecular flexibility index (Phi) is 5.26. The van der Waals surface area contributed by atoms with Crippen molar-refractivity contribution in [3.63, 3.8) is 0 Å². The van der Waals surface area contributed by atoms with E-state index in [1.54, 1.807) is 19.9 Å². The van der Waals surface area contributed by atoms with E-state index in [1.807, 2.05) is 0 Å². The normalized spacial score (nSPS) is 12.4. The number of nitrogens with zero attached hydrogens (tertiary/aromatic N) is 1. The van der Waals surface area contributed by atoms with E-state index in [9.17, 15) is 14.9 Å². The van der Waals surface area contributed by atoms with E-state index in [2.05, 4.69) is 5.32 Å². The largest absolute Gasteiger partial charge is 0.480 e. The summed E-state index contributed by atoms with van der Waals surface area (Å²) in [6.45, 7) is 3.80. The van der Waals surface area contributed by atoms with Crippen LogP contribution in [0.2, 0.25) is 5.02 Å². The molecule has 0 heterocycles. The molecule has 7 heteroatoms. The minimum atomic E-state index is -0.946. The van der Waals surface area contributed by atoms with Crippen molar-refractivity contribution < 1.29 is 14.8 Å². The van der Waals surface area contributed by atoms with Gasteiger partial charge in [0.15, 0.2) is 0 Å². The van der Waals surface area contributed by atoms with Gasteiger partial charge in [-0.1, -0.05) is 31.5 Å². The van der Waals surface area contributed by atoms with Crippen molar-refractivity contribution >= 4 is 23.3 Å². The molecule has 0 saturated carbocycles. The van der Waals surface area contributed by atoms with Crippen LogP contribution in [0.15, 0.2) is 18.2 Å². The summed E-state index contributed by atoms with van der Waals surface area (Å²) in [6, 6.07) is 3.70. The first-order valence-electron chi connectivity index (χ1n) is 5.72. The van der Waals surface area contributed by atoms with Crippen LogP contribution >= 0.6 is 11.6 Å². The fourth-order valence-electron chi connectivity index (χ4n) is 1.64. The predicted molar refractivity (Wildman–Crippen MR) is 71.2 cm³/mol. The molecule has 0 aliphatic carbocycles. The molecule has 0 bridgehead atoms. The minimum Gasteiger partial charge on any atom is -0.480 e. The average molecular weight is 287 g/mol. The Balaban J connectivity index is 2.80. The highest BCUT2D eigenvalue weighted by atomic mass is 35.5. The van der Waals surface area contributed by atoms with E-state index in [-0.39, 0.29) is 23.2 Å². The van der Waals surface area contributed by atoms with Gasteiger partial charge in [0.25, 0.3) is 5.69 Å². The maximum absolute atomic E-state index is 11.0. The summed E-state index contributed by atoms with van der Waals surface area (Å²) in [7, 11) is 0. The topological polar surface area (TPSA) is 92.5 Å². The molecule has 1 aromatic rings. The van der Waals surface area contributed by atoms with Crippen molar-refractivity contribution in [1.29, 1.82) is 0 Å². The van der Waals surface area contributed by atoms with E-state index >= 15 is 0 Å².